The smallest absolute Gasteiger partial charge is 0.102 e. The number of fused-ring (bicyclic) bond motifs is 1. The lowest BCUT2D eigenvalue weighted by Gasteiger charge is -2.06. The van der Waals surface area contributed by atoms with Crippen LogP contribution in [0.2, 0.25) is 0 Å². The first-order chi connectivity index (χ1) is 10.1. The molecule has 0 bridgehead atoms. The fourth-order valence-corrected chi connectivity index (χ4v) is 2.67. The van der Waals surface area contributed by atoms with Crippen LogP contribution in [0.25, 0.3) is 22.2 Å². The van der Waals surface area contributed by atoms with E-state index < -0.39 is 0 Å². The van der Waals surface area contributed by atoms with Crippen molar-refractivity contribution in [3.05, 3.63) is 59.2 Å². The lowest BCUT2D eigenvalue weighted by Crippen LogP contribution is -1.87. The van der Waals surface area contributed by atoms with Crippen molar-refractivity contribution >= 4 is 10.9 Å². The molecule has 3 aromatic rings. The number of aromatic nitrogens is 1. The zero-order valence-corrected chi connectivity index (χ0v) is 12.6. The summed E-state index contributed by atoms with van der Waals surface area (Å²) in [6.07, 6.45) is 0. The first kappa shape index (κ1) is 13.5. The molecule has 2 heteroatoms. The first-order valence-corrected chi connectivity index (χ1v) is 7.23. The van der Waals surface area contributed by atoms with Gasteiger partial charge in [-0.15, -0.1) is 0 Å². The molecule has 3 rings (SSSR count). The van der Waals surface area contributed by atoms with Gasteiger partial charge in [0.15, 0.2) is 0 Å². The summed E-state index contributed by atoms with van der Waals surface area (Å²) in [5.74, 6) is 0.514. The Morgan fingerprint density at radius 3 is 2.38 bits per heavy atom. The van der Waals surface area contributed by atoms with Crippen LogP contribution >= 0.6 is 0 Å². The number of hydrogen-bond donors (Lipinski definition) is 1. The van der Waals surface area contributed by atoms with Crippen LogP contribution in [-0.4, -0.2) is 4.98 Å². The number of nitrogens with one attached hydrogen (secondary N) is 1. The van der Waals surface area contributed by atoms with Gasteiger partial charge in [0.25, 0.3) is 0 Å². The number of aryl methyl sites for hydroxylation is 1. The van der Waals surface area contributed by atoms with E-state index in [9.17, 15) is 5.26 Å². The van der Waals surface area contributed by atoms with E-state index in [-0.39, 0.29) is 0 Å². The number of H-pyrrole nitrogens is 1. The maximum absolute atomic E-state index is 9.53. The standard InChI is InChI=1S/C19H18N2/c1-12(2)14-5-7-15(8-6-14)19-17(11-20)16-10-13(3)4-9-18(16)21-19/h4-10,12,21H,1-3H3. The Morgan fingerprint density at radius 1 is 1.05 bits per heavy atom. The summed E-state index contributed by atoms with van der Waals surface area (Å²) in [4.78, 5) is 3.38. The van der Waals surface area contributed by atoms with Gasteiger partial charge in [0.05, 0.1) is 11.3 Å². The number of aromatic amines is 1. The van der Waals surface area contributed by atoms with Crippen molar-refractivity contribution < 1.29 is 0 Å². The van der Waals surface area contributed by atoms with Gasteiger partial charge in [0, 0.05) is 10.9 Å². The van der Waals surface area contributed by atoms with Gasteiger partial charge in [-0.1, -0.05) is 49.7 Å². The fourth-order valence-electron chi connectivity index (χ4n) is 2.67. The van der Waals surface area contributed by atoms with Crippen LogP contribution in [-0.2, 0) is 0 Å². The van der Waals surface area contributed by atoms with Gasteiger partial charge in [-0.3, -0.25) is 0 Å². The van der Waals surface area contributed by atoms with E-state index in [1.54, 1.807) is 0 Å². The minimum Gasteiger partial charge on any atom is -0.353 e. The zero-order valence-electron chi connectivity index (χ0n) is 12.6. The van der Waals surface area contributed by atoms with E-state index in [4.69, 9.17) is 0 Å². The van der Waals surface area contributed by atoms with Crippen molar-refractivity contribution in [3.8, 4) is 17.3 Å². The second kappa shape index (κ2) is 5.10. The van der Waals surface area contributed by atoms with Crippen LogP contribution in [0, 0.1) is 18.3 Å². The summed E-state index contributed by atoms with van der Waals surface area (Å²) in [7, 11) is 0. The summed E-state index contributed by atoms with van der Waals surface area (Å²) in [5.41, 5.74) is 6.19. The quantitative estimate of drug-likeness (QED) is 0.690. The number of rotatable bonds is 2. The average molecular weight is 274 g/mol. The largest absolute Gasteiger partial charge is 0.353 e. The third-order valence-corrected chi connectivity index (χ3v) is 3.93. The maximum atomic E-state index is 9.53. The van der Waals surface area contributed by atoms with Gasteiger partial charge in [-0.25, -0.2) is 0 Å². The molecule has 1 aromatic heterocycles. The number of hydrogen-bond acceptors (Lipinski definition) is 1. The Morgan fingerprint density at radius 2 is 1.76 bits per heavy atom. The highest BCUT2D eigenvalue weighted by Crippen LogP contribution is 2.31. The molecular weight excluding hydrogens is 256 g/mol. The fraction of sp³-hybridized carbons (Fsp3) is 0.211. The molecule has 0 aliphatic heterocycles. The topological polar surface area (TPSA) is 39.6 Å². The molecule has 0 radical (unpaired) electrons. The molecule has 2 nitrogen and oxygen atoms in total. The van der Waals surface area contributed by atoms with Gasteiger partial charge in [-0.05, 0) is 36.1 Å². The predicted octanol–water partition coefficient (Wildman–Crippen LogP) is 5.14. The van der Waals surface area contributed by atoms with Crippen LogP contribution in [0.15, 0.2) is 42.5 Å². The Bertz CT molecular complexity index is 830. The molecular formula is C19H18N2. The third-order valence-electron chi connectivity index (χ3n) is 3.93. The van der Waals surface area contributed by atoms with E-state index in [1.807, 2.05) is 13.0 Å². The van der Waals surface area contributed by atoms with Crippen LogP contribution in [0.5, 0.6) is 0 Å². The lowest BCUT2D eigenvalue weighted by molar-refractivity contribution is 0.867. The van der Waals surface area contributed by atoms with Crippen molar-refractivity contribution in [2.75, 3.05) is 0 Å². The number of nitriles is 1. The summed E-state index contributed by atoms with van der Waals surface area (Å²) >= 11 is 0. The van der Waals surface area contributed by atoms with Crippen LogP contribution in [0.3, 0.4) is 0 Å². The van der Waals surface area contributed by atoms with E-state index in [0.717, 1.165) is 27.7 Å². The Hall–Kier alpha value is -2.53. The molecule has 2 aromatic carbocycles. The molecule has 0 unspecified atom stereocenters. The van der Waals surface area contributed by atoms with Crippen LogP contribution in [0.4, 0.5) is 0 Å². The molecule has 104 valence electrons. The summed E-state index contributed by atoms with van der Waals surface area (Å²) in [5, 5.41) is 10.5. The van der Waals surface area contributed by atoms with Gasteiger partial charge in [0.1, 0.15) is 6.07 Å². The maximum Gasteiger partial charge on any atom is 0.102 e. The van der Waals surface area contributed by atoms with Crippen molar-refractivity contribution in [1.29, 1.82) is 5.26 Å². The molecule has 0 spiro atoms. The highest BCUT2D eigenvalue weighted by atomic mass is 14.7. The molecule has 1 heterocycles. The van der Waals surface area contributed by atoms with Crippen molar-refractivity contribution in [1.82, 2.24) is 4.98 Å². The molecule has 0 saturated carbocycles. The molecule has 21 heavy (non-hydrogen) atoms. The van der Waals surface area contributed by atoms with Crippen molar-refractivity contribution in [2.45, 2.75) is 26.7 Å². The van der Waals surface area contributed by atoms with Crippen LogP contribution in [0.1, 0.15) is 36.5 Å². The molecule has 0 saturated heterocycles. The van der Waals surface area contributed by atoms with E-state index in [0.29, 0.717) is 5.92 Å². The normalized spacial score (nSPS) is 11.0. The molecule has 0 amide bonds. The van der Waals surface area contributed by atoms with Gasteiger partial charge >= 0.3 is 0 Å². The Labute approximate surface area is 125 Å². The summed E-state index contributed by atoms with van der Waals surface area (Å²) < 4.78 is 0. The second-order valence-corrected chi connectivity index (χ2v) is 5.81. The number of nitrogens with zero attached hydrogens (tertiary/aromatic N) is 1. The van der Waals surface area contributed by atoms with Crippen molar-refractivity contribution in [2.24, 2.45) is 0 Å². The van der Waals surface area contributed by atoms with Crippen LogP contribution < -0.4 is 0 Å². The zero-order chi connectivity index (χ0) is 15.0. The molecule has 1 N–H and O–H groups in total. The SMILES string of the molecule is Cc1ccc2[nH]c(-c3ccc(C(C)C)cc3)c(C#N)c2c1. The minimum atomic E-state index is 0.514. The average Bonchev–Trinajstić information content (AvgIpc) is 2.85. The predicted molar refractivity (Wildman–Crippen MR) is 87.3 cm³/mol. The van der Waals surface area contributed by atoms with E-state index in [1.165, 1.54) is 11.1 Å². The number of benzene rings is 2. The van der Waals surface area contributed by atoms with Crippen molar-refractivity contribution in [3.63, 3.8) is 0 Å². The van der Waals surface area contributed by atoms with Gasteiger partial charge in [-0.2, -0.15) is 5.26 Å². The monoisotopic (exact) mass is 274 g/mol. The third kappa shape index (κ3) is 2.32. The molecule has 0 aliphatic rings. The summed E-state index contributed by atoms with van der Waals surface area (Å²) in [6, 6.07) is 17.0. The minimum absolute atomic E-state index is 0.514. The first-order valence-electron chi connectivity index (χ1n) is 7.23. The van der Waals surface area contributed by atoms with E-state index in [2.05, 4.69) is 61.3 Å². The highest BCUT2D eigenvalue weighted by Gasteiger charge is 2.13. The molecule has 0 atom stereocenters. The Kier molecular flexibility index (Phi) is 3.27. The highest BCUT2D eigenvalue weighted by molar-refractivity contribution is 5.93. The van der Waals surface area contributed by atoms with Gasteiger partial charge in [0.2, 0.25) is 0 Å². The second-order valence-electron chi connectivity index (χ2n) is 5.81. The van der Waals surface area contributed by atoms with E-state index >= 15 is 0 Å². The molecule has 0 aliphatic carbocycles. The molecule has 0 fully saturated rings. The summed E-state index contributed by atoms with van der Waals surface area (Å²) in [6.45, 7) is 6.41. The van der Waals surface area contributed by atoms with Gasteiger partial charge < -0.3 is 4.98 Å². The Balaban J connectivity index is 2.18. The lowest BCUT2D eigenvalue weighted by atomic mass is 9.99.